The van der Waals surface area contributed by atoms with Crippen LogP contribution in [-0.2, 0) is 28.5 Å². The first-order valence-electron chi connectivity index (χ1n) is 20.4. The smallest absolute Gasteiger partial charge is 0.402 e. The number of benzene rings is 3. The van der Waals surface area contributed by atoms with Crippen molar-refractivity contribution in [1.82, 2.24) is 0 Å². The van der Waals surface area contributed by atoms with Crippen LogP contribution in [0.25, 0.3) is 28.4 Å². The number of hydrogen-bond donors (Lipinski definition) is 13. The summed E-state index contributed by atoms with van der Waals surface area (Å²) >= 11 is 0. The average Bonchev–Trinajstić information content (AvgIpc) is 3.31. The Kier molecular flexibility index (Phi) is 15.1. The first kappa shape index (κ1) is 49.1. The molecule has 24 heteroatoms. The SMILES string of the molecule is COc1cc(C=CC(=O)O[C@@H]2[C@@H](O[C@@H]3[C@H](Oc4cc5c(O[C@@H]6O[C@H](CO)[C@@H](O)[C@H](O)[C@@H]6O)cc(O)cc5[o+]c4-c4ccc(O)c(O)c4)O[C@H](CO)[C@@H](O)[C@H]3O)OC[C@@H](O)[C@H]2O)cc(OC)c1O. The van der Waals surface area contributed by atoms with Gasteiger partial charge in [-0.25, -0.2) is 9.21 Å². The van der Waals surface area contributed by atoms with Crippen molar-refractivity contribution in [1.29, 1.82) is 0 Å². The molecule has 4 heterocycles. The second kappa shape index (κ2) is 20.6. The summed E-state index contributed by atoms with van der Waals surface area (Å²) in [4.78, 5) is 13.2. The summed E-state index contributed by atoms with van der Waals surface area (Å²) in [5.41, 5.74) is 0.149. The molecule has 24 nitrogen and oxygen atoms in total. The molecule has 1 aromatic heterocycles. The second-order valence-corrected chi connectivity index (χ2v) is 15.5. The lowest BCUT2D eigenvalue weighted by Gasteiger charge is -2.44. The van der Waals surface area contributed by atoms with Crippen LogP contribution < -0.4 is 18.9 Å². The van der Waals surface area contributed by atoms with Crippen molar-refractivity contribution in [2.75, 3.05) is 34.0 Å². The number of phenolic OH excluding ortho intramolecular Hbond substituents is 4. The Balaban J connectivity index is 1.24. The van der Waals surface area contributed by atoms with Gasteiger partial charge in [0.2, 0.25) is 24.1 Å². The topological polar surface area (TPSA) is 374 Å². The van der Waals surface area contributed by atoms with Gasteiger partial charge in [-0.3, -0.25) is 0 Å². The molecule has 3 aromatic carbocycles. The zero-order valence-corrected chi connectivity index (χ0v) is 35.3. The van der Waals surface area contributed by atoms with Gasteiger partial charge >= 0.3 is 17.3 Å². The molecule has 364 valence electrons. The van der Waals surface area contributed by atoms with E-state index >= 15 is 0 Å². The fourth-order valence-electron chi connectivity index (χ4n) is 7.44. The molecule has 7 rings (SSSR count). The number of carbonyl (C=O) groups is 1. The van der Waals surface area contributed by atoms with E-state index in [-0.39, 0.29) is 51.0 Å². The Morgan fingerprint density at radius 1 is 0.687 bits per heavy atom. The average molecular weight is 950 g/mol. The summed E-state index contributed by atoms with van der Waals surface area (Å²) in [6.45, 7) is -2.28. The predicted molar refractivity (Wildman–Crippen MR) is 221 cm³/mol. The highest BCUT2D eigenvalue weighted by atomic mass is 16.8. The van der Waals surface area contributed by atoms with E-state index in [0.29, 0.717) is 5.56 Å². The third-order valence-electron chi connectivity index (χ3n) is 11.1. The molecular formula is C43H49O24+. The van der Waals surface area contributed by atoms with Crippen LogP contribution in [0.5, 0.6) is 46.0 Å². The molecule has 3 aliphatic heterocycles. The van der Waals surface area contributed by atoms with Gasteiger partial charge in [-0.05, 0) is 35.9 Å². The zero-order valence-electron chi connectivity index (χ0n) is 35.3. The highest BCUT2D eigenvalue weighted by Gasteiger charge is 2.52. The fraction of sp³-hybridized carbons (Fsp3) is 0.442. The number of rotatable bonds is 14. The Bertz CT molecular complexity index is 2390. The summed E-state index contributed by atoms with van der Waals surface area (Å²) < 4.78 is 57.1. The van der Waals surface area contributed by atoms with Crippen LogP contribution in [-0.4, -0.2) is 192 Å². The van der Waals surface area contributed by atoms with Crippen molar-refractivity contribution in [2.24, 2.45) is 0 Å². The number of aliphatic hydroxyl groups is 9. The highest BCUT2D eigenvalue weighted by Crippen LogP contribution is 2.44. The zero-order chi connectivity index (χ0) is 48.4. The minimum Gasteiger partial charge on any atom is -0.507 e. The minimum absolute atomic E-state index is 0.0106. The minimum atomic E-state index is -2.01. The van der Waals surface area contributed by atoms with Crippen molar-refractivity contribution in [3.05, 3.63) is 60.2 Å². The van der Waals surface area contributed by atoms with Crippen molar-refractivity contribution in [3.63, 3.8) is 0 Å². The Labute approximate surface area is 378 Å². The highest BCUT2D eigenvalue weighted by molar-refractivity contribution is 5.89. The van der Waals surface area contributed by atoms with E-state index in [4.69, 9.17) is 47.0 Å². The Hall–Kier alpha value is -5.84. The summed E-state index contributed by atoms with van der Waals surface area (Å²) in [5.74, 6) is -3.94. The van der Waals surface area contributed by atoms with Gasteiger partial charge in [-0.15, -0.1) is 0 Å². The van der Waals surface area contributed by atoms with Crippen LogP contribution in [0.4, 0.5) is 0 Å². The molecule has 14 atom stereocenters. The molecular weight excluding hydrogens is 900 g/mol. The van der Waals surface area contributed by atoms with E-state index in [1.54, 1.807) is 0 Å². The predicted octanol–water partition coefficient (Wildman–Crippen LogP) is -1.69. The molecule has 0 bridgehead atoms. The van der Waals surface area contributed by atoms with Gasteiger partial charge in [0, 0.05) is 24.3 Å². The summed E-state index contributed by atoms with van der Waals surface area (Å²) in [6.07, 6.45) is -22.9. The largest absolute Gasteiger partial charge is 0.507 e. The normalized spacial score (nSPS) is 31.1. The number of aromatic hydroxyl groups is 4. The van der Waals surface area contributed by atoms with E-state index in [9.17, 15) is 71.2 Å². The van der Waals surface area contributed by atoms with Crippen molar-refractivity contribution in [2.45, 2.75) is 86.0 Å². The second-order valence-electron chi connectivity index (χ2n) is 15.5. The van der Waals surface area contributed by atoms with Crippen LogP contribution in [0.3, 0.4) is 0 Å². The maximum absolute atomic E-state index is 13.2. The molecule has 4 aromatic rings. The maximum Gasteiger partial charge on any atom is 0.402 e. The van der Waals surface area contributed by atoms with Gasteiger partial charge in [0.25, 0.3) is 0 Å². The van der Waals surface area contributed by atoms with Gasteiger partial charge < -0.3 is 109 Å². The standard InChI is InChI=1S/C43H48O24/c1-58-25-7-16(8-26(59-2)32(25)52)3-6-30(50)66-39-31(51)22(49)15-60-42(39)67-40-36(56)34(54)29(14-45)65-43(40)63-27-12-19-23(61-38(27)17-4-5-20(47)21(48)9-17)10-18(46)11-24(19)62-41-37(57)35(55)33(53)28(13-44)64-41/h3-12,22,28-29,31,33-37,39-45,49,51,53-57H,13-15H2,1-2H3,(H3-,46,47,48,50,52)/p+1/t22-,28-,29-,31-,33-,34-,35+,36-,37+,39+,40+,41-,42-,43-/m1/s1. The van der Waals surface area contributed by atoms with E-state index in [2.05, 4.69) is 0 Å². The number of aliphatic hydroxyl groups excluding tert-OH is 9. The number of methoxy groups -OCH3 is 2. The Morgan fingerprint density at radius 2 is 1.33 bits per heavy atom. The third-order valence-corrected chi connectivity index (χ3v) is 11.1. The summed E-state index contributed by atoms with van der Waals surface area (Å²) in [7, 11) is 2.59. The third kappa shape index (κ3) is 10.2. The van der Waals surface area contributed by atoms with Crippen molar-refractivity contribution >= 4 is 23.0 Å². The van der Waals surface area contributed by atoms with Crippen molar-refractivity contribution in [3.8, 4) is 57.3 Å². The van der Waals surface area contributed by atoms with E-state index < -0.39 is 129 Å². The molecule has 0 unspecified atom stereocenters. The number of esters is 1. The number of ether oxygens (including phenoxy) is 9. The molecule has 0 spiro atoms. The molecule has 13 N–H and O–H groups in total. The van der Waals surface area contributed by atoms with Crippen LogP contribution in [0.15, 0.2) is 59.0 Å². The molecule has 0 amide bonds. The summed E-state index contributed by atoms with van der Waals surface area (Å²) in [6, 6.07) is 9.61. The van der Waals surface area contributed by atoms with Gasteiger partial charge in [0.05, 0.1) is 45.7 Å². The van der Waals surface area contributed by atoms with Crippen LogP contribution in [0, 0.1) is 0 Å². The van der Waals surface area contributed by atoms with E-state index in [1.165, 1.54) is 44.6 Å². The monoisotopic (exact) mass is 949 g/mol. The summed E-state index contributed by atoms with van der Waals surface area (Å²) in [5, 5.41) is 137. The number of carbonyl (C=O) groups excluding carboxylic acids is 1. The van der Waals surface area contributed by atoms with E-state index in [0.717, 1.165) is 30.3 Å². The Morgan fingerprint density at radius 3 is 1.97 bits per heavy atom. The first-order valence-corrected chi connectivity index (χ1v) is 20.4. The van der Waals surface area contributed by atoms with E-state index in [1.807, 2.05) is 0 Å². The molecule has 0 aliphatic carbocycles. The van der Waals surface area contributed by atoms with Crippen LogP contribution >= 0.6 is 0 Å². The lowest BCUT2D eigenvalue weighted by molar-refractivity contribution is -0.345. The fourth-order valence-corrected chi connectivity index (χ4v) is 7.44. The number of hydrogen-bond acceptors (Lipinski definition) is 23. The van der Waals surface area contributed by atoms with Gasteiger partial charge in [-0.1, -0.05) is 0 Å². The molecule has 3 saturated heterocycles. The molecule has 0 radical (unpaired) electrons. The van der Waals surface area contributed by atoms with Gasteiger partial charge in [0.15, 0.2) is 41.5 Å². The molecule has 0 saturated carbocycles. The lowest BCUT2D eigenvalue weighted by atomic mass is 9.98. The first-order chi connectivity index (χ1) is 32.0. The molecule has 3 fully saturated rings. The van der Waals surface area contributed by atoms with Gasteiger partial charge in [0.1, 0.15) is 71.8 Å². The van der Waals surface area contributed by atoms with Crippen LogP contribution in [0.2, 0.25) is 0 Å². The number of fused-ring (bicyclic) bond motifs is 1. The quantitative estimate of drug-likeness (QED) is 0.0290. The maximum atomic E-state index is 13.2. The van der Waals surface area contributed by atoms with Crippen LogP contribution in [0.1, 0.15) is 5.56 Å². The molecule has 67 heavy (non-hydrogen) atoms. The lowest BCUT2D eigenvalue weighted by Crippen LogP contribution is -2.64. The van der Waals surface area contributed by atoms with Gasteiger partial charge in [-0.2, -0.15) is 0 Å². The molecule has 3 aliphatic rings. The number of phenols is 4. The van der Waals surface area contributed by atoms with Crippen molar-refractivity contribution < 1.29 is 118 Å².